The van der Waals surface area contributed by atoms with E-state index in [1.165, 1.54) is 5.69 Å². The van der Waals surface area contributed by atoms with Crippen LogP contribution >= 0.6 is 11.6 Å². The maximum Gasteiger partial charge on any atom is 0.322 e. The van der Waals surface area contributed by atoms with Crippen LogP contribution in [-0.2, 0) is 7.05 Å². The standard InChI is InChI=1S/C16H18ClN3O/c1-19-10-2-4-14(19)15-5-3-11-20(15)16(21)18-13-8-6-12(17)7-9-13/h2,4,6-10,15H,3,5,11H2,1H3,(H,18,21)/t15-/m1/s1. The van der Waals surface area contributed by atoms with Crippen LogP contribution in [0, 0.1) is 0 Å². The molecule has 0 bridgehead atoms. The summed E-state index contributed by atoms with van der Waals surface area (Å²) in [5.41, 5.74) is 1.95. The molecule has 1 aliphatic rings. The van der Waals surface area contributed by atoms with Gasteiger partial charge in [-0.15, -0.1) is 0 Å². The van der Waals surface area contributed by atoms with Crippen molar-refractivity contribution in [1.29, 1.82) is 0 Å². The number of rotatable bonds is 2. The van der Waals surface area contributed by atoms with Gasteiger partial charge in [0.15, 0.2) is 0 Å². The lowest BCUT2D eigenvalue weighted by molar-refractivity contribution is 0.205. The Kier molecular flexibility index (Phi) is 3.88. The molecule has 1 atom stereocenters. The number of nitrogens with zero attached hydrogens (tertiary/aromatic N) is 2. The van der Waals surface area contributed by atoms with Crippen molar-refractivity contribution in [2.45, 2.75) is 18.9 Å². The molecule has 110 valence electrons. The van der Waals surface area contributed by atoms with Crippen LogP contribution in [0.25, 0.3) is 0 Å². The zero-order valence-electron chi connectivity index (χ0n) is 11.9. The van der Waals surface area contributed by atoms with Crippen molar-refractivity contribution in [3.63, 3.8) is 0 Å². The summed E-state index contributed by atoms with van der Waals surface area (Å²) >= 11 is 5.86. The molecule has 0 aliphatic carbocycles. The number of aryl methyl sites for hydroxylation is 1. The van der Waals surface area contributed by atoms with E-state index in [1.54, 1.807) is 12.1 Å². The van der Waals surface area contributed by atoms with E-state index in [9.17, 15) is 4.79 Å². The van der Waals surface area contributed by atoms with Gasteiger partial charge < -0.3 is 14.8 Å². The zero-order valence-corrected chi connectivity index (χ0v) is 12.7. The number of carbonyl (C=O) groups excluding carboxylic acids is 1. The summed E-state index contributed by atoms with van der Waals surface area (Å²) in [5, 5.41) is 3.60. The molecule has 0 radical (unpaired) electrons. The second kappa shape index (κ2) is 5.82. The molecule has 1 N–H and O–H groups in total. The molecule has 2 aromatic rings. The number of aromatic nitrogens is 1. The second-order valence-corrected chi connectivity index (χ2v) is 5.77. The molecule has 0 unspecified atom stereocenters. The van der Waals surface area contributed by atoms with Crippen LogP contribution in [0.5, 0.6) is 0 Å². The molecule has 21 heavy (non-hydrogen) atoms. The van der Waals surface area contributed by atoms with Crippen LogP contribution in [0.3, 0.4) is 0 Å². The highest BCUT2D eigenvalue weighted by atomic mass is 35.5. The minimum Gasteiger partial charge on any atom is -0.353 e. The molecule has 1 aliphatic heterocycles. The van der Waals surface area contributed by atoms with Gasteiger partial charge in [0, 0.05) is 36.2 Å². The van der Waals surface area contributed by atoms with Crippen LogP contribution in [0.15, 0.2) is 42.6 Å². The highest BCUT2D eigenvalue weighted by Gasteiger charge is 2.31. The Morgan fingerprint density at radius 2 is 2.05 bits per heavy atom. The van der Waals surface area contributed by atoms with Gasteiger partial charge in [0.25, 0.3) is 0 Å². The number of urea groups is 1. The molecule has 2 heterocycles. The number of likely N-dealkylation sites (tertiary alicyclic amines) is 1. The average molecular weight is 304 g/mol. The van der Waals surface area contributed by atoms with Gasteiger partial charge in [-0.1, -0.05) is 11.6 Å². The predicted molar refractivity (Wildman–Crippen MR) is 84.6 cm³/mol. The summed E-state index contributed by atoms with van der Waals surface area (Å²) in [6.07, 6.45) is 4.05. The molecule has 0 spiro atoms. The number of amides is 2. The molecule has 3 rings (SSSR count). The number of nitrogens with one attached hydrogen (secondary N) is 1. The highest BCUT2D eigenvalue weighted by Crippen LogP contribution is 2.32. The van der Waals surface area contributed by atoms with Gasteiger partial charge in [-0.3, -0.25) is 0 Å². The number of anilines is 1. The van der Waals surface area contributed by atoms with Gasteiger partial charge in [0.1, 0.15) is 0 Å². The number of halogens is 1. The van der Waals surface area contributed by atoms with Gasteiger partial charge in [0.2, 0.25) is 0 Å². The molecule has 1 aromatic heterocycles. The third-order valence-corrected chi connectivity index (χ3v) is 4.19. The molecule has 0 saturated carbocycles. The minimum absolute atomic E-state index is 0.0546. The summed E-state index contributed by atoms with van der Waals surface area (Å²) in [5.74, 6) is 0. The number of carbonyl (C=O) groups is 1. The van der Waals surface area contributed by atoms with Crippen molar-refractivity contribution in [3.05, 3.63) is 53.3 Å². The Bertz CT molecular complexity index is 635. The predicted octanol–water partition coefficient (Wildman–Crippen LogP) is 4.05. The van der Waals surface area contributed by atoms with Gasteiger partial charge in [-0.25, -0.2) is 4.79 Å². The van der Waals surface area contributed by atoms with Crippen molar-refractivity contribution < 1.29 is 4.79 Å². The van der Waals surface area contributed by atoms with E-state index < -0.39 is 0 Å². The first kappa shape index (κ1) is 14.0. The van der Waals surface area contributed by atoms with Crippen molar-refractivity contribution >= 4 is 23.3 Å². The van der Waals surface area contributed by atoms with Crippen LogP contribution in [0.4, 0.5) is 10.5 Å². The molecule has 1 fully saturated rings. The van der Waals surface area contributed by atoms with Crippen LogP contribution in [0.2, 0.25) is 5.02 Å². The monoisotopic (exact) mass is 303 g/mol. The summed E-state index contributed by atoms with van der Waals surface area (Å²) in [4.78, 5) is 14.4. The van der Waals surface area contributed by atoms with E-state index >= 15 is 0 Å². The molecular formula is C16H18ClN3O. The average Bonchev–Trinajstić information content (AvgIpc) is 3.09. The number of hydrogen-bond acceptors (Lipinski definition) is 1. The topological polar surface area (TPSA) is 37.3 Å². The normalized spacial score (nSPS) is 18.0. The second-order valence-electron chi connectivity index (χ2n) is 5.33. The SMILES string of the molecule is Cn1cccc1[C@H]1CCCN1C(=O)Nc1ccc(Cl)cc1. The van der Waals surface area contributed by atoms with Crippen LogP contribution in [0.1, 0.15) is 24.6 Å². The summed E-state index contributed by atoms with van der Waals surface area (Å²) < 4.78 is 2.08. The third-order valence-electron chi connectivity index (χ3n) is 3.93. The molecular weight excluding hydrogens is 286 g/mol. The van der Waals surface area contributed by atoms with E-state index in [4.69, 9.17) is 11.6 Å². The number of benzene rings is 1. The van der Waals surface area contributed by atoms with Crippen LogP contribution in [-0.4, -0.2) is 22.0 Å². The van der Waals surface area contributed by atoms with E-state index in [0.29, 0.717) is 5.02 Å². The summed E-state index contributed by atoms with van der Waals surface area (Å²) in [7, 11) is 2.02. The maximum atomic E-state index is 12.5. The quantitative estimate of drug-likeness (QED) is 0.893. The fraction of sp³-hybridized carbons (Fsp3) is 0.312. The Morgan fingerprint density at radius 1 is 1.29 bits per heavy atom. The van der Waals surface area contributed by atoms with Gasteiger partial charge in [-0.2, -0.15) is 0 Å². The lowest BCUT2D eigenvalue weighted by atomic mass is 10.1. The maximum absolute atomic E-state index is 12.5. The molecule has 1 aromatic carbocycles. The molecule has 5 heteroatoms. The molecule has 4 nitrogen and oxygen atoms in total. The first-order valence-electron chi connectivity index (χ1n) is 7.09. The fourth-order valence-electron chi connectivity index (χ4n) is 2.87. The van der Waals surface area contributed by atoms with Gasteiger partial charge in [-0.05, 0) is 49.2 Å². The van der Waals surface area contributed by atoms with Gasteiger partial charge in [0.05, 0.1) is 6.04 Å². The van der Waals surface area contributed by atoms with Crippen molar-refractivity contribution in [1.82, 2.24) is 9.47 Å². The fourth-order valence-corrected chi connectivity index (χ4v) is 2.99. The highest BCUT2D eigenvalue weighted by molar-refractivity contribution is 6.30. The first-order chi connectivity index (χ1) is 10.1. The van der Waals surface area contributed by atoms with E-state index in [0.717, 1.165) is 25.1 Å². The Hall–Kier alpha value is -1.94. The van der Waals surface area contributed by atoms with Crippen molar-refractivity contribution in [2.75, 3.05) is 11.9 Å². The van der Waals surface area contributed by atoms with Gasteiger partial charge >= 0.3 is 6.03 Å². The Labute approximate surface area is 129 Å². The first-order valence-corrected chi connectivity index (χ1v) is 7.47. The smallest absolute Gasteiger partial charge is 0.322 e. The van der Waals surface area contributed by atoms with Crippen molar-refractivity contribution in [3.8, 4) is 0 Å². The molecule has 2 amide bonds. The number of hydrogen-bond donors (Lipinski definition) is 1. The van der Waals surface area contributed by atoms with E-state index in [-0.39, 0.29) is 12.1 Å². The summed E-state index contributed by atoms with van der Waals surface area (Å²) in [6.45, 7) is 0.787. The minimum atomic E-state index is -0.0546. The lowest BCUT2D eigenvalue weighted by Gasteiger charge is -2.25. The Morgan fingerprint density at radius 3 is 2.71 bits per heavy atom. The largest absolute Gasteiger partial charge is 0.353 e. The van der Waals surface area contributed by atoms with Crippen LogP contribution < -0.4 is 5.32 Å². The Balaban J connectivity index is 1.74. The zero-order chi connectivity index (χ0) is 14.8. The van der Waals surface area contributed by atoms with E-state index in [1.807, 2.05) is 36.3 Å². The van der Waals surface area contributed by atoms with Crippen molar-refractivity contribution in [2.24, 2.45) is 7.05 Å². The molecule has 1 saturated heterocycles. The van der Waals surface area contributed by atoms with E-state index in [2.05, 4.69) is 16.0 Å². The summed E-state index contributed by atoms with van der Waals surface area (Å²) in [6, 6.07) is 11.4. The lowest BCUT2D eigenvalue weighted by Crippen LogP contribution is -2.35. The third kappa shape index (κ3) is 2.90.